The normalized spacial score (nSPS) is 10.2. The van der Waals surface area contributed by atoms with Crippen molar-refractivity contribution in [3.05, 3.63) is 47.0 Å². The molecule has 0 aromatic heterocycles. The minimum atomic E-state index is -0.408. The third-order valence-electron chi connectivity index (χ3n) is 4.21. The Labute approximate surface area is 192 Å². The Kier molecular flexibility index (Phi) is 9.55. The van der Waals surface area contributed by atoms with Gasteiger partial charge in [0, 0.05) is 23.7 Å². The monoisotopic (exact) mass is 463 g/mol. The van der Waals surface area contributed by atoms with Crippen LogP contribution in [0.2, 0.25) is 5.02 Å². The van der Waals surface area contributed by atoms with Gasteiger partial charge in [-0.2, -0.15) is 0 Å². The van der Waals surface area contributed by atoms with Crippen molar-refractivity contribution in [1.29, 1.82) is 0 Å². The van der Waals surface area contributed by atoms with Gasteiger partial charge >= 0.3 is 0 Å². The third-order valence-corrected chi connectivity index (χ3v) is 4.71. The zero-order valence-electron chi connectivity index (χ0n) is 17.7. The van der Waals surface area contributed by atoms with Crippen molar-refractivity contribution in [2.24, 2.45) is 0 Å². The Bertz CT molecular complexity index is 952. The van der Waals surface area contributed by atoms with Gasteiger partial charge in [0.25, 0.3) is 5.91 Å². The number of thiocarbonyl (C=S) groups is 1. The fourth-order valence-electron chi connectivity index (χ4n) is 2.67. The molecule has 0 bridgehead atoms. The summed E-state index contributed by atoms with van der Waals surface area (Å²) in [7, 11) is 1.51. The van der Waals surface area contributed by atoms with E-state index in [-0.39, 0.29) is 11.0 Å². The van der Waals surface area contributed by atoms with Gasteiger partial charge in [-0.05, 0) is 55.9 Å². The highest BCUT2D eigenvalue weighted by molar-refractivity contribution is 7.80. The molecule has 7 nitrogen and oxygen atoms in total. The highest BCUT2D eigenvalue weighted by atomic mass is 35.5. The number of hydrogen-bond donors (Lipinski definition) is 3. The number of benzene rings is 2. The van der Waals surface area contributed by atoms with Gasteiger partial charge in [0.1, 0.15) is 11.5 Å². The Balaban J connectivity index is 2.00. The first kappa shape index (κ1) is 24.4. The lowest BCUT2D eigenvalue weighted by Gasteiger charge is -2.14. The molecule has 2 rings (SSSR count). The number of halogens is 1. The van der Waals surface area contributed by atoms with E-state index in [0.29, 0.717) is 46.5 Å². The van der Waals surface area contributed by atoms with Crippen molar-refractivity contribution in [3.8, 4) is 11.5 Å². The molecule has 2 aromatic rings. The number of carbonyl (C=O) groups excluding carboxylic acids is 2. The van der Waals surface area contributed by atoms with Gasteiger partial charge < -0.3 is 20.1 Å². The number of anilines is 2. The van der Waals surface area contributed by atoms with Crippen molar-refractivity contribution in [1.82, 2.24) is 5.32 Å². The second-order valence-electron chi connectivity index (χ2n) is 6.55. The molecule has 3 N–H and O–H groups in total. The maximum absolute atomic E-state index is 12.4. The van der Waals surface area contributed by atoms with Crippen molar-refractivity contribution < 1.29 is 19.1 Å². The lowest BCUT2D eigenvalue weighted by molar-refractivity contribution is -0.116. The van der Waals surface area contributed by atoms with Gasteiger partial charge in [0.05, 0.1) is 24.4 Å². The maximum atomic E-state index is 12.4. The number of carbonyl (C=O) groups is 2. The number of unbranched alkanes of at least 4 members (excludes halogenated alkanes) is 1. The van der Waals surface area contributed by atoms with Gasteiger partial charge in [-0.1, -0.05) is 24.9 Å². The molecule has 0 aliphatic rings. The van der Waals surface area contributed by atoms with Crippen LogP contribution in [-0.2, 0) is 4.79 Å². The van der Waals surface area contributed by atoms with Crippen molar-refractivity contribution in [2.75, 3.05) is 24.4 Å². The highest BCUT2D eigenvalue weighted by Gasteiger charge is 2.13. The van der Waals surface area contributed by atoms with E-state index in [1.807, 2.05) is 13.8 Å². The van der Waals surface area contributed by atoms with Gasteiger partial charge in [-0.3, -0.25) is 14.9 Å². The molecule has 0 aliphatic heterocycles. The topological polar surface area (TPSA) is 88.7 Å². The first-order valence-electron chi connectivity index (χ1n) is 9.90. The minimum absolute atomic E-state index is 0.0716. The Hall–Kier alpha value is -2.84. The molecule has 9 heteroatoms. The largest absolute Gasteiger partial charge is 0.494 e. The van der Waals surface area contributed by atoms with Gasteiger partial charge in [0.15, 0.2) is 5.11 Å². The maximum Gasteiger partial charge on any atom is 0.257 e. The fraction of sp³-hybridized carbons (Fsp3) is 0.318. The van der Waals surface area contributed by atoms with E-state index in [1.165, 1.54) is 13.2 Å². The molecule has 166 valence electrons. The SMILES string of the molecule is CCCCC(=O)Nc1ccc(NC(=S)NC(=O)c2ccc(OCC)c(Cl)c2)cc1OC. The average Bonchev–Trinajstić information content (AvgIpc) is 2.74. The van der Waals surface area contributed by atoms with E-state index >= 15 is 0 Å². The predicted octanol–water partition coefficient (Wildman–Crippen LogP) is 5.00. The van der Waals surface area contributed by atoms with Gasteiger partial charge in [-0.15, -0.1) is 0 Å². The van der Waals surface area contributed by atoms with Crippen molar-refractivity contribution in [2.45, 2.75) is 33.1 Å². The van der Waals surface area contributed by atoms with Crippen LogP contribution in [0, 0.1) is 0 Å². The van der Waals surface area contributed by atoms with Gasteiger partial charge in [-0.25, -0.2) is 0 Å². The van der Waals surface area contributed by atoms with Crippen LogP contribution in [0.4, 0.5) is 11.4 Å². The second-order valence-corrected chi connectivity index (χ2v) is 7.37. The number of hydrogen-bond acceptors (Lipinski definition) is 5. The van der Waals surface area contributed by atoms with E-state index in [4.69, 9.17) is 33.3 Å². The molecular weight excluding hydrogens is 438 g/mol. The van der Waals surface area contributed by atoms with Crippen LogP contribution >= 0.6 is 23.8 Å². The quantitative estimate of drug-likeness (QED) is 0.453. The molecule has 2 amide bonds. The predicted molar refractivity (Wildman–Crippen MR) is 127 cm³/mol. The summed E-state index contributed by atoms with van der Waals surface area (Å²) in [5, 5.41) is 8.81. The average molecular weight is 464 g/mol. The molecular formula is C22H26ClN3O4S. The number of nitrogens with one attached hydrogen (secondary N) is 3. The number of rotatable bonds is 9. The molecule has 0 radical (unpaired) electrons. The van der Waals surface area contributed by atoms with Crippen LogP contribution in [0.3, 0.4) is 0 Å². The summed E-state index contributed by atoms with van der Waals surface area (Å²) in [5.41, 5.74) is 1.51. The Morgan fingerprint density at radius 3 is 2.48 bits per heavy atom. The molecule has 0 atom stereocenters. The van der Waals surface area contributed by atoms with Crippen molar-refractivity contribution >= 4 is 52.1 Å². The van der Waals surface area contributed by atoms with Crippen LogP contribution in [-0.4, -0.2) is 30.6 Å². The van der Waals surface area contributed by atoms with Crippen LogP contribution in [0.15, 0.2) is 36.4 Å². The summed E-state index contributed by atoms with van der Waals surface area (Å²) in [4.78, 5) is 24.4. The van der Waals surface area contributed by atoms with Gasteiger partial charge in [0.2, 0.25) is 5.91 Å². The summed E-state index contributed by atoms with van der Waals surface area (Å²) < 4.78 is 10.7. The Morgan fingerprint density at radius 2 is 1.84 bits per heavy atom. The summed E-state index contributed by atoms with van der Waals surface area (Å²) in [6, 6.07) is 9.88. The molecule has 0 saturated heterocycles. The van der Waals surface area contributed by atoms with E-state index in [9.17, 15) is 9.59 Å². The summed E-state index contributed by atoms with van der Waals surface area (Å²) in [6.45, 7) is 4.35. The minimum Gasteiger partial charge on any atom is -0.494 e. The van der Waals surface area contributed by atoms with Crippen LogP contribution < -0.4 is 25.4 Å². The van der Waals surface area contributed by atoms with E-state index in [0.717, 1.165) is 12.8 Å². The summed E-state index contributed by atoms with van der Waals surface area (Å²) in [5.74, 6) is 0.504. The number of methoxy groups -OCH3 is 1. The molecule has 0 unspecified atom stereocenters. The van der Waals surface area contributed by atoms with Crippen LogP contribution in [0.5, 0.6) is 11.5 Å². The van der Waals surface area contributed by atoms with E-state index in [1.54, 1.807) is 30.3 Å². The summed E-state index contributed by atoms with van der Waals surface area (Å²) >= 11 is 11.4. The van der Waals surface area contributed by atoms with E-state index in [2.05, 4.69) is 16.0 Å². The molecule has 0 spiro atoms. The Morgan fingerprint density at radius 1 is 1.06 bits per heavy atom. The zero-order valence-corrected chi connectivity index (χ0v) is 19.3. The lowest BCUT2D eigenvalue weighted by Crippen LogP contribution is -2.34. The van der Waals surface area contributed by atoms with Crippen LogP contribution in [0.1, 0.15) is 43.5 Å². The third kappa shape index (κ3) is 7.41. The van der Waals surface area contributed by atoms with Crippen molar-refractivity contribution in [3.63, 3.8) is 0 Å². The second kappa shape index (κ2) is 12.1. The van der Waals surface area contributed by atoms with Crippen LogP contribution in [0.25, 0.3) is 0 Å². The molecule has 0 fully saturated rings. The molecule has 2 aromatic carbocycles. The number of ether oxygens (including phenoxy) is 2. The zero-order chi connectivity index (χ0) is 22.8. The van der Waals surface area contributed by atoms with E-state index < -0.39 is 5.91 Å². The lowest BCUT2D eigenvalue weighted by atomic mass is 10.2. The first-order chi connectivity index (χ1) is 14.9. The fourth-order valence-corrected chi connectivity index (χ4v) is 3.12. The number of amides is 2. The standard InChI is InChI=1S/C22H26ClN3O4S/c1-4-6-7-20(27)25-17-10-9-15(13-19(17)29-3)24-22(31)26-21(28)14-8-11-18(30-5-2)16(23)12-14/h8-13H,4-7H2,1-3H3,(H,25,27)(H2,24,26,28,31). The molecule has 0 aliphatic carbocycles. The molecule has 0 heterocycles. The summed E-state index contributed by atoms with van der Waals surface area (Å²) in [6.07, 6.45) is 2.21. The highest BCUT2D eigenvalue weighted by Crippen LogP contribution is 2.28. The molecule has 31 heavy (non-hydrogen) atoms. The molecule has 0 saturated carbocycles. The smallest absolute Gasteiger partial charge is 0.257 e. The first-order valence-corrected chi connectivity index (χ1v) is 10.7.